The van der Waals surface area contributed by atoms with Gasteiger partial charge in [-0.2, -0.15) is 0 Å². The molecule has 0 saturated carbocycles. The summed E-state index contributed by atoms with van der Waals surface area (Å²) in [6.07, 6.45) is 3.35. The molecule has 1 unspecified atom stereocenters. The summed E-state index contributed by atoms with van der Waals surface area (Å²) in [5, 5.41) is 3.89. The Hall–Kier alpha value is -2.25. The van der Waals surface area contributed by atoms with Gasteiger partial charge in [-0.05, 0) is 36.4 Å². The lowest BCUT2D eigenvalue weighted by molar-refractivity contribution is 0.0529. The molecule has 9 heteroatoms. The van der Waals surface area contributed by atoms with Gasteiger partial charge in [-0.1, -0.05) is 23.7 Å². The second kappa shape index (κ2) is 11.2. The van der Waals surface area contributed by atoms with E-state index in [1.807, 2.05) is 30.3 Å². The molecule has 1 aliphatic heterocycles. The standard InChI is InChI=1S/C21H20ClN3O3.2ClH/c22-18-6-2-1-5-17(18)19-7-8-20(28-19)21(26)25-11-10-24-12-15(25)14-27-16-4-3-9-23-13-16;;/h1-9,13,15,24H,10-12,14H2;2*1H. The van der Waals surface area contributed by atoms with E-state index < -0.39 is 0 Å². The summed E-state index contributed by atoms with van der Waals surface area (Å²) in [6.45, 7) is 2.35. The number of furan rings is 1. The number of pyridine rings is 1. The first kappa shape index (κ1) is 24.0. The number of benzene rings is 1. The van der Waals surface area contributed by atoms with Gasteiger partial charge < -0.3 is 19.4 Å². The van der Waals surface area contributed by atoms with Crippen LogP contribution in [-0.4, -0.2) is 48.1 Å². The third kappa shape index (κ3) is 5.46. The lowest BCUT2D eigenvalue weighted by atomic mass is 10.2. The SMILES string of the molecule is Cl.Cl.O=C(c1ccc(-c2ccccc2Cl)o1)N1CCNCC1COc1cccnc1. The Morgan fingerprint density at radius 3 is 2.80 bits per heavy atom. The van der Waals surface area contributed by atoms with Crippen LogP contribution in [0.5, 0.6) is 5.75 Å². The molecule has 6 nitrogen and oxygen atoms in total. The van der Waals surface area contributed by atoms with Crippen molar-refractivity contribution in [2.24, 2.45) is 0 Å². The van der Waals surface area contributed by atoms with Crippen molar-refractivity contribution >= 4 is 42.3 Å². The van der Waals surface area contributed by atoms with Crippen molar-refractivity contribution in [2.45, 2.75) is 6.04 Å². The van der Waals surface area contributed by atoms with Crippen LogP contribution in [0.4, 0.5) is 0 Å². The summed E-state index contributed by atoms with van der Waals surface area (Å²) in [7, 11) is 0. The predicted molar refractivity (Wildman–Crippen MR) is 121 cm³/mol. The summed E-state index contributed by atoms with van der Waals surface area (Å²) in [6, 6.07) is 14.4. The van der Waals surface area contributed by atoms with E-state index in [1.54, 1.807) is 35.5 Å². The molecular formula is C21H22Cl3N3O3. The average Bonchev–Trinajstić information content (AvgIpc) is 3.23. The Morgan fingerprint density at radius 1 is 1.20 bits per heavy atom. The summed E-state index contributed by atoms with van der Waals surface area (Å²) in [4.78, 5) is 18.9. The van der Waals surface area contributed by atoms with Gasteiger partial charge >= 0.3 is 0 Å². The first-order valence-electron chi connectivity index (χ1n) is 9.11. The lowest BCUT2D eigenvalue weighted by Crippen LogP contribution is -2.55. The number of rotatable bonds is 5. The van der Waals surface area contributed by atoms with E-state index in [2.05, 4.69) is 10.3 Å². The number of halogens is 3. The molecule has 3 aromatic rings. The molecule has 0 bridgehead atoms. The zero-order chi connectivity index (χ0) is 19.3. The minimum atomic E-state index is -0.153. The zero-order valence-electron chi connectivity index (χ0n) is 16.0. The lowest BCUT2D eigenvalue weighted by Gasteiger charge is -2.35. The van der Waals surface area contributed by atoms with Gasteiger partial charge in [-0.25, -0.2) is 0 Å². The highest BCUT2D eigenvalue weighted by Crippen LogP contribution is 2.29. The first-order chi connectivity index (χ1) is 13.7. The fraction of sp³-hybridized carbons (Fsp3) is 0.238. The van der Waals surface area contributed by atoms with Crippen molar-refractivity contribution in [3.63, 3.8) is 0 Å². The molecule has 0 radical (unpaired) electrons. The van der Waals surface area contributed by atoms with Gasteiger partial charge in [0.25, 0.3) is 5.91 Å². The van der Waals surface area contributed by atoms with Gasteiger partial charge in [-0.15, -0.1) is 24.8 Å². The van der Waals surface area contributed by atoms with Crippen molar-refractivity contribution in [1.29, 1.82) is 0 Å². The molecule has 2 aromatic heterocycles. The fourth-order valence-electron chi connectivity index (χ4n) is 3.20. The highest BCUT2D eigenvalue weighted by atomic mass is 35.5. The molecule has 4 rings (SSSR count). The van der Waals surface area contributed by atoms with Crippen molar-refractivity contribution in [1.82, 2.24) is 15.2 Å². The van der Waals surface area contributed by atoms with Gasteiger partial charge in [-0.3, -0.25) is 9.78 Å². The number of carbonyl (C=O) groups excluding carboxylic acids is 1. The third-order valence-corrected chi connectivity index (χ3v) is 4.97. The van der Waals surface area contributed by atoms with Crippen LogP contribution in [0, 0.1) is 0 Å². The van der Waals surface area contributed by atoms with Crippen LogP contribution in [0.2, 0.25) is 5.02 Å². The number of piperazine rings is 1. The van der Waals surface area contributed by atoms with E-state index >= 15 is 0 Å². The number of nitrogens with one attached hydrogen (secondary N) is 1. The Bertz CT molecular complexity index is 953. The van der Waals surface area contributed by atoms with Crippen LogP contribution in [0.1, 0.15) is 10.6 Å². The molecule has 1 N–H and O–H groups in total. The predicted octanol–water partition coefficient (Wildman–Crippen LogP) is 4.33. The van der Waals surface area contributed by atoms with Crippen molar-refractivity contribution in [3.8, 4) is 17.1 Å². The van der Waals surface area contributed by atoms with Crippen LogP contribution in [-0.2, 0) is 0 Å². The highest BCUT2D eigenvalue weighted by molar-refractivity contribution is 6.33. The quantitative estimate of drug-likeness (QED) is 0.601. The van der Waals surface area contributed by atoms with E-state index in [9.17, 15) is 4.79 Å². The summed E-state index contributed by atoms with van der Waals surface area (Å²) < 4.78 is 11.6. The monoisotopic (exact) mass is 469 g/mol. The van der Waals surface area contributed by atoms with Gasteiger partial charge in [0.05, 0.1) is 17.3 Å². The van der Waals surface area contributed by atoms with Crippen molar-refractivity contribution in [3.05, 3.63) is 71.7 Å². The molecule has 1 saturated heterocycles. The van der Waals surface area contributed by atoms with Crippen LogP contribution in [0.3, 0.4) is 0 Å². The molecule has 0 aliphatic carbocycles. The van der Waals surface area contributed by atoms with Crippen LogP contribution in [0.15, 0.2) is 65.3 Å². The average molecular weight is 471 g/mol. The van der Waals surface area contributed by atoms with E-state index in [0.29, 0.717) is 42.0 Å². The Labute approximate surface area is 192 Å². The van der Waals surface area contributed by atoms with E-state index in [-0.39, 0.29) is 36.8 Å². The number of amides is 1. The minimum Gasteiger partial charge on any atom is -0.490 e. The number of hydrogen-bond acceptors (Lipinski definition) is 5. The summed E-state index contributed by atoms with van der Waals surface area (Å²) in [5.41, 5.74) is 0.764. The third-order valence-electron chi connectivity index (χ3n) is 4.64. The fourth-order valence-corrected chi connectivity index (χ4v) is 3.43. The Balaban J connectivity index is 0.00000160. The number of hydrogen-bond donors (Lipinski definition) is 1. The number of aromatic nitrogens is 1. The van der Waals surface area contributed by atoms with Gasteiger partial charge in [0.15, 0.2) is 5.76 Å². The molecule has 1 aromatic carbocycles. The first-order valence-corrected chi connectivity index (χ1v) is 9.49. The number of carbonyl (C=O) groups is 1. The second-order valence-electron chi connectivity index (χ2n) is 6.50. The van der Waals surface area contributed by atoms with Crippen molar-refractivity contribution < 1.29 is 13.9 Å². The topological polar surface area (TPSA) is 67.6 Å². The maximum Gasteiger partial charge on any atom is 0.290 e. The molecule has 1 aliphatic rings. The molecule has 1 amide bonds. The molecular weight excluding hydrogens is 449 g/mol. The van der Waals surface area contributed by atoms with Crippen LogP contribution >= 0.6 is 36.4 Å². The molecule has 3 heterocycles. The smallest absolute Gasteiger partial charge is 0.290 e. The normalized spacial score (nSPS) is 15.6. The van der Waals surface area contributed by atoms with E-state index in [0.717, 1.165) is 12.1 Å². The summed E-state index contributed by atoms with van der Waals surface area (Å²) in [5.74, 6) is 1.40. The maximum absolute atomic E-state index is 13.1. The molecule has 160 valence electrons. The largest absolute Gasteiger partial charge is 0.490 e. The Morgan fingerprint density at radius 2 is 2.03 bits per heavy atom. The maximum atomic E-state index is 13.1. The van der Waals surface area contributed by atoms with Crippen molar-refractivity contribution in [2.75, 3.05) is 26.2 Å². The van der Waals surface area contributed by atoms with Gasteiger partial charge in [0.1, 0.15) is 18.1 Å². The van der Waals surface area contributed by atoms with E-state index in [1.165, 1.54) is 0 Å². The second-order valence-corrected chi connectivity index (χ2v) is 6.91. The summed E-state index contributed by atoms with van der Waals surface area (Å²) >= 11 is 6.23. The van der Waals surface area contributed by atoms with Crippen LogP contribution in [0.25, 0.3) is 11.3 Å². The minimum absolute atomic E-state index is 0. The van der Waals surface area contributed by atoms with E-state index in [4.69, 9.17) is 20.8 Å². The number of ether oxygens (including phenoxy) is 1. The van der Waals surface area contributed by atoms with Gasteiger partial charge in [0.2, 0.25) is 0 Å². The molecule has 1 atom stereocenters. The molecule has 0 spiro atoms. The van der Waals surface area contributed by atoms with Gasteiger partial charge in [0, 0.05) is 31.4 Å². The number of nitrogens with zero attached hydrogens (tertiary/aromatic N) is 2. The zero-order valence-corrected chi connectivity index (χ0v) is 18.4. The van der Waals surface area contributed by atoms with Crippen LogP contribution < -0.4 is 10.1 Å². The highest BCUT2D eigenvalue weighted by Gasteiger charge is 2.30. The molecule has 30 heavy (non-hydrogen) atoms. The molecule has 1 fully saturated rings. The Kier molecular flexibility index (Phi) is 8.99.